The molecule has 0 aliphatic carbocycles. The Balaban J connectivity index is 1.73. The Labute approximate surface area is 174 Å². The maximum atomic E-state index is 13.9. The topological polar surface area (TPSA) is 65.4 Å². The molecule has 10 heteroatoms. The highest BCUT2D eigenvalue weighted by Gasteiger charge is 2.41. The number of amides is 1. The van der Waals surface area contributed by atoms with Crippen molar-refractivity contribution in [3.63, 3.8) is 0 Å². The van der Waals surface area contributed by atoms with Crippen molar-refractivity contribution in [1.29, 1.82) is 0 Å². The Morgan fingerprint density at radius 2 is 1.83 bits per heavy atom. The van der Waals surface area contributed by atoms with Crippen LogP contribution in [-0.4, -0.2) is 28.9 Å². The SMILES string of the molecule is Cc1ccccc1-n1ncc(C(=O)Nc2cc3c(cc2Cl)OCCO3)c1C(F)(F)F. The molecule has 4 rings (SSSR count). The van der Waals surface area contributed by atoms with Crippen LogP contribution in [0.25, 0.3) is 5.69 Å². The van der Waals surface area contributed by atoms with Crippen molar-refractivity contribution in [3.05, 3.63) is 64.4 Å². The number of hydrogen-bond acceptors (Lipinski definition) is 4. The average Bonchev–Trinajstić information content (AvgIpc) is 3.14. The summed E-state index contributed by atoms with van der Waals surface area (Å²) in [6, 6.07) is 9.30. The molecule has 0 atom stereocenters. The molecule has 2 heterocycles. The highest BCUT2D eigenvalue weighted by Crippen LogP contribution is 2.39. The molecule has 3 aromatic rings. The summed E-state index contributed by atoms with van der Waals surface area (Å²) in [6.45, 7) is 2.32. The van der Waals surface area contributed by atoms with Crippen molar-refractivity contribution in [3.8, 4) is 17.2 Å². The highest BCUT2D eigenvalue weighted by atomic mass is 35.5. The largest absolute Gasteiger partial charge is 0.486 e. The number of alkyl halides is 3. The fourth-order valence-corrected chi connectivity index (χ4v) is 3.32. The van der Waals surface area contributed by atoms with Gasteiger partial charge in [0.1, 0.15) is 13.2 Å². The summed E-state index contributed by atoms with van der Waals surface area (Å²) in [6.07, 6.45) is -3.93. The van der Waals surface area contributed by atoms with Crippen LogP contribution in [0.5, 0.6) is 11.5 Å². The molecule has 0 fully saturated rings. The predicted octanol–water partition coefficient (Wildman–Crippen LogP) is 4.88. The highest BCUT2D eigenvalue weighted by molar-refractivity contribution is 6.34. The summed E-state index contributed by atoms with van der Waals surface area (Å²) >= 11 is 6.15. The van der Waals surface area contributed by atoms with Crippen LogP contribution in [0.3, 0.4) is 0 Å². The fraction of sp³-hybridized carbons (Fsp3) is 0.200. The normalized spacial score (nSPS) is 13.2. The minimum atomic E-state index is -4.82. The number of anilines is 1. The van der Waals surface area contributed by atoms with Crippen LogP contribution < -0.4 is 14.8 Å². The zero-order valence-electron chi connectivity index (χ0n) is 15.6. The lowest BCUT2D eigenvalue weighted by Crippen LogP contribution is -2.21. The number of halogens is 4. The first-order valence-electron chi connectivity index (χ1n) is 8.87. The van der Waals surface area contributed by atoms with Gasteiger partial charge in [-0.2, -0.15) is 18.3 Å². The van der Waals surface area contributed by atoms with E-state index >= 15 is 0 Å². The van der Waals surface area contributed by atoms with Gasteiger partial charge in [0.05, 0.1) is 28.2 Å². The van der Waals surface area contributed by atoms with Crippen LogP contribution in [-0.2, 0) is 6.18 Å². The van der Waals surface area contributed by atoms with Crippen LogP contribution in [0.4, 0.5) is 18.9 Å². The van der Waals surface area contributed by atoms with Crippen molar-refractivity contribution in [2.24, 2.45) is 0 Å². The summed E-state index contributed by atoms with van der Waals surface area (Å²) in [5, 5.41) is 6.34. The minimum absolute atomic E-state index is 0.0997. The number of hydrogen-bond donors (Lipinski definition) is 1. The molecular weight excluding hydrogens is 423 g/mol. The number of rotatable bonds is 3. The molecule has 1 N–H and O–H groups in total. The Kier molecular flexibility index (Phi) is 5.07. The van der Waals surface area contributed by atoms with E-state index in [-0.39, 0.29) is 16.4 Å². The molecule has 1 aromatic heterocycles. The monoisotopic (exact) mass is 437 g/mol. The first-order valence-corrected chi connectivity index (χ1v) is 9.25. The maximum absolute atomic E-state index is 13.9. The fourth-order valence-electron chi connectivity index (χ4n) is 3.12. The van der Waals surface area contributed by atoms with E-state index in [1.807, 2.05) is 0 Å². The molecule has 30 heavy (non-hydrogen) atoms. The van der Waals surface area contributed by atoms with Gasteiger partial charge in [-0.3, -0.25) is 4.79 Å². The number of aryl methyl sites for hydroxylation is 1. The van der Waals surface area contributed by atoms with Crippen LogP contribution in [0.2, 0.25) is 5.02 Å². The smallest absolute Gasteiger partial charge is 0.434 e. The number of ether oxygens (including phenoxy) is 2. The predicted molar refractivity (Wildman–Crippen MR) is 104 cm³/mol. The van der Waals surface area contributed by atoms with Crippen molar-refractivity contribution in [1.82, 2.24) is 9.78 Å². The van der Waals surface area contributed by atoms with Crippen LogP contribution >= 0.6 is 11.6 Å². The lowest BCUT2D eigenvalue weighted by Gasteiger charge is -2.20. The third kappa shape index (κ3) is 3.68. The number of benzene rings is 2. The summed E-state index contributed by atoms with van der Waals surface area (Å²) in [7, 11) is 0. The molecule has 156 valence electrons. The molecule has 0 saturated heterocycles. The molecular formula is C20H15ClF3N3O3. The number of nitrogens with one attached hydrogen (secondary N) is 1. The van der Waals surface area contributed by atoms with Crippen molar-refractivity contribution in [2.75, 3.05) is 18.5 Å². The second-order valence-corrected chi connectivity index (χ2v) is 6.94. The van der Waals surface area contributed by atoms with E-state index in [4.69, 9.17) is 21.1 Å². The van der Waals surface area contributed by atoms with Crippen LogP contribution in [0.15, 0.2) is 42.6 Å². The Bertz CT molecular complexity index is 1130. The first kappa shape index (κ1) is 20.1. The molecule has 2 aromatic carbocycles. The zero-order valence-corrected chi connectivity index (χ0v) is 16.3. The van der Waals surface area contributed by atoms with E-state index in [9.17, 15) is 18.0 Å². The quantitative estimate of drug-likeness (QED) is 0.634. The zero-order chi connectivity index (χ0) is 21.5. The maximum Gasteiger partial charge on any atom is 0.434 e. The molecule has 1 aliphatic rings. The van der Waals surface area contributed by atoms with Gasteiger partial charge >= 0.3 is 6.18 Å². The number of carbonyl (C=O) groups is 1. The Morgan fingerprint density at radius 3 is 2.50 bits per heavy atom. The van der Waals surface area contributed by atoms with E-state index < -0.39 is 23.3 Å². The average molecular weight is 438 g/mol. The summed E-state index contributed by atoms with van der Waals surface area (Å²) in [5.74, 6) is -0.263. The van der Waals surface area contributed by atoms with Gasteiger partial charge in [0.25, 0.3) is 5.91 Å². The third-order valence-electron chi connectivity index (χ3n) is 4.51. The second-order valence-electron chi connectivity index (χ2n) is 6.53. The van der Waals surface area contributed by atoms with Gasteiger partial charge in [0.15, 0.2) is 17.2 Å². The van der Waals surface area contributed by atoms with Crippen LogP contribution in [0.1, 0.15) is 21.6 Å². The summed E-state index contributed by atoms with van der Waals surface area (Å²) in [4.78, 5) is 12.7. The van der Waals surface area contributed by atoms with E-state index in [1.54, 1.807) is 25.1 Å². The van der Waals surface area contributed by atoms with Gasteiger partial charge in [0.2, 0.25) is 0 Å². The third-order valence-corrected chi connectivity index (χ3v) is 4.82. The van der Waals surface area contributed by atoms with E-state index in [2.05, 4.69) is 10.4 Å². The van der Waals surface area contributed by atoms with Gasteiger partial charge in [0, 0.05) is 12.1 Å². The van der Waals surface area contributed by atoms with Crippen molar-refractivity contribution >= 4 is 23.2 Å². The van der Waals surface area contributed by atoms with Crippen molar-refractivity contribution < 1.29 is 27.4 Å². The van der Waals surface area contributed by atoms with Gasteiger partial charge < -0.3 is 14.8 Å². The van der Waals surface area contributed by atoms with E-state index in [0.717, 1.165) is 10.9 Å². The Morgan fingerprint density at radius 1 is 1.17 bits per heavy atom. The lowest BCUT2D eigenvalue weighted by molar-refractivity contribution is -0.143. The Hall–Kier alpha value is -3.20. The lowest BCUT2D eigenvalue weighted by atomic mass is 10.1. The summed E-state index contributed by atoms with van der Waals surface area (Å²) in [5.41, 5.74) is -0.906. The minimum Gasteiger partial charge on any atom is -0.486 e. The van der Waals surface area contributed by atoms with E-state index in [0.29, 0.717) is 30.3 Å². The molecule has 0 unspecified atom stereocenters. The molecule has 0 bridgehead atoms. The number of fused-ring (bicyclic) bond motifs is 1. The molecule has 0 saturated carbocycles. The van der Waals surface area contributed by atoms with Gasteiger partial charge in [-0.1, -0.05) is 29.8 Å². The molecule has 1 aliphatic heterocycles. The van der Waals surface area contributed by atoms with Gasteiger partial charge in [-0.05, 0) is 18.6 Å². The standard InChI is InChI=1S/C20H15ClF3N3O3/c1-11-4-2-3-5-15(11)27-18(20(22,23)24)12(10-25-27)19(28)26-14-9-17-16(8-13(14)21)29-6-7-30-17/h2-5,8-10H,6-7H2,1H3,(H,26,28). The molecule has 6 nitrogen and oxygen atoms in total. The molecule has 0 radical (unpaired) electrons. The summed E-state index contributed by atoms with van der Waals surface area (Å²) < 4.78 is 53.1. The van der Waals surface area contributed by atoms with Crippen LogP contribution in [0, 0.1) is 6.92 Å². The van der Waals surface area contributed by atoms with Crippen molar-refractivity contribution in [2.45, 2.75) is 13.1 Å². The second kappa shape index (κ2) is 7.56. The first-order chi connectivity index (χ1) is 14.3. The van der Waals surface area contributed by atoms with Gasteiger partial charge in [-0.15, -0.1) is 0 Å². The molecule has 1 amide bonds. The number of nitrogens with zero attached hydrogens (tertiary/aromatic N) is 2. The number of carbonyl (C=O) groups excluding carboxylic acids is 1. The van der Waals surface area contributed by atoms with E-state index in [1.165, 1.54) is 18.2 Å². The number of aromatic nitrogens is 2. The number of para-hydroxylation sites is 1. The van der Waals surface area contributed by atoms with Gasteiger partial charge in [-0.25, -0.2) is 4.68 Å². The molecule has 0 spiro atoms.